The summed E-state index contributed by atoms with van der Waals surface area (Å²) in [4.78, 5) is 53.5. The highest BCUT2D eigenvalue weighted by molar-refractivity contribution is 8.03. The fourth-order valence-electron chi connectivity index (χ4n) is 6.66. The number of carbonyl (C=O) groups excluding carboxylic acids is 3. The summed E-state index contributed by atoms with van der Waals surface area (Å²) in [6, 6.07) is 28.9. The topological polar surface area (TPSA) is 148 Å². The van der Waals surface area contributed by atoms with Crippen LogP contribution in [0.4, 0.5) is 5.13 Å². The van der Waals surface area contributed by atoms with Crippen LogP contribution in [-0.4, -0.2) is 79.9 Å². The number of benzene rings is 3. The van der Waals surface area contributed by atoms with Crippen molar-refractivity contribution in [1.82, 2.24) is 25.4 Å². The van der Waals surface area contributed by atoms with Gasteiger partial charge in [-0.1, -0.05) is 125 Å². The SMILES string of the molecule is CON=C(C(=O)NC1C(=O)N2C(C(=O)OC(C)(C)C)=C(/C=C/CSc3nnc(C)s3)SCC12)c1csc(NC(c2ccccc2)(c2ccccc2)c2ccccc2)n1. The van der Waals surface area contributed by atoms with Gasteiger partial charge >= 0.3 is 5.97 Å². The highest BCUT2D eigenvalue weighted by Gasteiger charge is 2.54. The number of ether oxygens (including phenoxy) is 1. The maximum absolute atomic E-state index is 14.0. The second kappa shape index (κ2) is 17.7. The number of rotatable bonds is 14. The van der Waals surface area contributed by atoms with E-state index in [4.69, 9.17) is 14.6 Å². The Kier molecular flexibility index (Phi) is 12.5. The minimum Gasteiger partial charge on any atom is -0.455 e. The summed E-state index contributed by atoms with van der Waals surface area (Å²) in [6.07, 6.45) is 3.76. The number of esters is 1. The molecule has 0 spiro atoms. The van der Waals surface area contributed by atoms with E-state index in [1.54, 1.807) is 26.2 Å². The van der Waals surface area contributed by atoms with Crippen LogP contribution in [0.5, 0.6) is 0 Å². The molecule has 2 aromatic heterocycles. The smallest absolute Gasteiger partial charge is 0.356 e. The Morgan fingerprint density at radius 1 is 0.966 bits per heavy atom. The van der Waals surface area contributed by atoms with Gasteiger partial charge in [0, 0.05) is 21.8 Å². The number of aromatic nitrogens is 3. The van der Waals surface area contributed by atoms with E-state index >= 15 is 0 Å². The van der Waals surface area contributed by atoms with Crippen LogP contribution in [0, 0.1) is 6.92 Å². The van der Waals surface area contributed by atoms with Crippen molar-refractivity contribution >= 4 is 74.8 Å². The summed E-state index contributed by atoms with van der Waals surface area (Å²) < 4.78 is 6.60. The van der Waals surface area contributed by atoms with Gasteiger partial charge < -0.3 is 20.2 Å². The average molecular weight is 852 g/mol. The lowest BCUT2D eigenvalue weighted by Crippen LogP contribution is -2.73. The number of amides is 2. The summed E-state index contributed by atoms with van der Waals surface area (Å²) in [6.45, 7) is 7.23. The Morgan fingerprint density at radius 3 is 2.14 bits per heavy atom. The molecule has 2 amide bonds. The zero-order valence-corrected chi connectivity index (χ0v) is 35.6. The van der Waals surface area contributed by atoms with Crippen LogP contribution in [-0.2, 0) is 29.5 Å². The molecule has 2 unspecified atom stereocenters. The Morgan fingerprint density at radius 2 is 1.59 bits per heavy atom. The van der Waals surface area contributed by atoms with E-state index in [2.05, 4.69) is 62.4 Å². The lowest BCUT2D eigenvalue weighted by molar-refractivity contribution is -0.160. The van der Waals surface area contributed by atoms with Crippen molar-refractivity contribution in [2.75, 3.05) is 23.9 Å². The highest BCUT2D eigenvalue weighted by Crippen LogP contribution is 2.42. The number of thiazole rings is 1. The number of hydrogen-bond acceptors (Lipinski definition) is 14. The van der Waals surface area contributed by atoms with Crippen molar-refractivity contribution in [2.24, 2.45) is 5.16 Å². The number of allylic oxidation sites excluding steroid dienone is 1. The second-order valence-electron chi connectivity index (χ2n) is 14.2. The Labute approximate surface area is 353 Å². The number of hydrogen-bond donors (Lipinski definition) is 2. The van der Waals surface area contributed by atoms with Crippen molar-refractivity contribution < 1.29 is 24.0 Å². The molecular formula is C42H41N7O5S4. The molecule has 0 aliphatic carbocycles. The first-order chi connectivity index (χ1) is 28.0. The third-order valence-electron chi connectivity index (χ3n) is 9.12. The molecule has 3 aromatic carbocycles. The van der Waals surface area contributed by atoms with Crippen molar-refractivity contribution in [3.05, 3.63) is 147 Å². The number of fused-ring (bicyclic) bond motifs is 1. The number of oxime groups is 1. The van der Waals surface area contributed by atoms with E-state index in [0.29, 0.717) is 21.5 Å². The summed E-state index contributed by atoms with van der Waals surface area (Å²) in [5.41, 5.74) is 1.66. The van der Waals surface area contributed by atoms with Gasteiger partial charge in [-0.2, -0.15) is 0 Å². The van der Waals surface area contributed by atoms with E-state index in [1.807, 2.05) is 73.7 Å². The minimum atomic E-state index is -0.917. The molecule has 0 saturated carbocycles. The van der Waals surface area contributed by atoms with Crippen molar-refractivity contribution in [3.8, 4) is 0 Å². The van der Waals surface area contributed by atoms with Crippen molar-refractivity contribution in [2.45, 2.75) is 55.3 Å². The van der Waals surface area contributed by atoms with E-state index in [9.17, 15) is 14.4 Å². The fourth-order valence-corrected chi connectivity index (χ4v) is 10.3. The molecule has 2 atom stereocenters. The first-order valence-electron chi connectivity index (χ1n) is 18.3. The Hall–Kier alpha value is -5.29. The van der Waals surface area contributed by atoms with Crippen LogP contribution in [0.15, 0.2) is 129 Å². The summed E-state index contributed by atoms with van der Waals surface area (Å²) >= 11 is 5.79. The molecule has 12 nitrogen and oxygen atoms in total. The lowest BCUT2D eigenvalue weighted by atomic mass is 9.77. The van der Waals surface area contributed by atoms with Crippen molar-refractivity contribution in [1.29, 1.82) is 0 Å². The molecule has 298 valence electrons. The van der Waals surface area contributed by atoms with E-state index < -0.39 is 41.0 Å². The molecule has 4 heterocycles. The maximum Gasteiger partial charge on any atom is 0.356 e. The van der Waals surface area contributed by atoms with Gasteiger partial charge in [-0.25, -0.2) is 9.78 Å². The molecule has 1 saturated heterocycles. The summed E-state index contributed by atoms with van der Waals surface area (Å²) in [7, 11) is 1.35. The quantitative estimate of drug-likeness (QED) is 0.0288. The monoisotopic (exact) mass is 851 g/mol. The van der Waals surface area contributed by atoms with Gasteiger partial charge in [0.05, 0.1) is 6.04 Å². The molecule has 0 radical (unpaired) electrons. The molecule has 2 N–H and O–H groups in total. The molecular weight excluding hydrogens is 811 g/mol. The highest BCUT2D eigenvalue weighted by atomic mass is 32.2. The van der Waals surface area contributed by atoms with Crippen LogP contribution >= 0.6 is 46.2 Å². The number of nitrogens with zero attached hydrogens (tertiary/aromatic N) is 5. The molecule has 5 aromatic rings. The molecule has 0 bridgehead atoms. The maximum atomic E-state index is 14.0. The largest absolute Gasteiger partial charge is 0.455 e. The van der Waals surface area contributed by atoms with Gasteiger partial charge in [0.15, 0.2) is 15.2 Å². The van der Waals surface area contributed by atoms with Gasteiger partial charge in [0.1, 0.15) is 40.7 Å². The van der Waals surface area contributed by atoms with E-state index in [0.717, 1.165) is 26.0 Å². The molecule has 16 heteroatoms. The van der Waals surface area contributed by atoms with Crippen LogP contribution < -0.4 is 10.6 Å². The molecule has 58 heavy (non-hydrogen) atoms. The summed E-state index contributed by atoms with van der Waals surface area (Å²) in [5, 5.41) is 22.0. The lowest BCUT2D eigenvalue weighted by Gasteiger charge is -2.50. The number of carbonyl (C=O) groups is 3. The van der Waals surface area contributed by atoms with Gasteiger partial charge in [0.2, 0.25) is 0 Å². The zero-order chi connectivity index (χ0) is 40.9. The van der Waals surface area contributed by atoms with Crippen LogP contribution in [0.3, 0.4) is 0 Å². The predicted octanol–water partition coefficient (Wildman–Crippen LogP) is 7.40. The molecule has 2 aliphatic heterocycles. The first-order valence-corrected chi connectivity index (χ1v) is 22.0. The first kappa shape index (κ1) is 40.9. The van der Waals surface area contributed by atoms with Gasteiger partial charge in [0.25, 0.3) is 11.8 Å². The standard InChI is InChI=1S/C42H41N7O5S4/c1-26-46-47-40(58-26)55-23-15-22-32-35(38(52)54-41(2,3)4)49-31(25-56-32)34(37(49)51)44-36(50)33(48-53-5)30-24-57-39(43-30)45-42(27-16-9-6-10-17-27,28-18-11-7-12-19-28)29-20-13-8-14-21-29/h6-22,24,31,34H,23,25H2,1-5H3,(H,43,45)(H,44,50)/b22-15+,48-33?. The van der Waals surface area contributed by atoms with Crippen LogP contribution in [0.25, 0.3) is 0 Å². The number of aryl methyl sites for hydroxylation is 1. The van der Waals surface area contributed by atoms with E-state index in [-0.39, 0.29) is 17.1 Å². The van der Waals surface area contributed by atoms with Crippen LogP contribution in [0.1, 0.15) is 48.2 Å². The van der Waals surface area contributed by atoms with Gasteiger partial charge in [-0.3, -0.25) is 14.5 Å². The third-order valence-corrected chi connectivity index (χ3v) is 13.0. The predicted molar refractivity (Wildman–Crippen MR) is 231 cm³/mol. The molecule has 2 aliphatic rings. The number of thioether (sulfide) groups is 2. The van der Waals surface area contributed by atoms with E-state index in [1.165, 1.54) is 58.2 Å². The molecule has 1 fully saturated rings. The van der Waals surface area contributed by atoms with Crippen LogP contribution in [0.2, 0.25) is 0 Å². The second-order valence-corrected chi connectivity index (χ2v) is 18.6. The molecule has 7 rings (SSSR count). The number of β-lactam (4-membered cyclic amide) rings is 1. The normalized spacial score (nSPS) is 17.2. The number of anilines is 1. The Bertz CT molecular complexity index is 2260. The van der Waals surface area contributed by atoms with Gasteiger partial charge in [-0.05, 0) is 50.5 Å². The van der Waals surface area contributed by atoms with Crippen molar-refractivity contribution in [3.63, 3.8) is 0 Å². The summed E-state index contributed by atoms with van der Waals surface area (Å²) in [5.74, 6) is -0.651. The van der Waals surface area contributed by atoms with Gasteiger partial charge in [-0.15, -0.1) is 33.3 Å². The Balaban J connectivity index is 1.12. The fraction of sp³-hybridized carbons (Fsp3) is 0.262. The number of nitrogens with one attached hydrogen (secondary N) is 2. The zero-order valence-electron chi connectivity index (χ0n) is 32.4. The minimum absolute atomic E-state index is 0.0964. The average Bonchev–Trinajstić information content (AvgIpc) is 3.87. The third kappa shape index (κ3) is 8.74.